The van der Waals surface area contributed by atoms with Crippen molar-refractivity contribution in [3.8, 4) is 33.4 Å². The molecule has 0 unspecified atom stereocenters. The standard InChI is InChI=1S/C50H30/c1-3-14-31(15-4-1)35-23-11-18-33-30-34(28-29-36(33)35)46-38-20-8-10-22-42(38)50-48-40(25-13-27-44(46)48)39-24-12-26-43-45(32-16-5-2-6-17-32)37-19-7-9-21-41(37)49(50)47(39)43/h1-30H. The van der Waals surface area contributed by atoms with Crippen LogP contribution in [0.5, 0.6) is 0 Å². The average Bonchev–Trinajstić information content (AvgIpc) is 3.19. The Morgan fingerprint density at radius 1 is 0.220 bits per heavy atom. The van der Waals surface area contributed by atoms with E-state index in [9.17, 15) is 0 Å². The van der Waals surface area contributed by atoms with Gasteiger partial charge in [-0.3, -0.25) is 0 Å². The summed E-state index contributed by atoms with van der Waals surface area (Å²) in [5, 5.41) is 18.3. The van der Waals surface area contributed by atoms with Gasteiger partial charge in [0.2, 0.25) is 0 Å². The summed E-state index contributed by atoms with van der Waals surface area (Å²) in [5.74, 6) is 0. The van der Waals surface area contributed by atoms with Gasteiger partial charge in [-0.1, -0.05) is 176 Å². The third kappa shape index (κ3) is 3.76. The van der Waals surface area contributed by atoms with Crippen molar-refractivity contribution in [3.05, 3.63) is 182 Å². The lowest BCUT2D eigenvalue weighted by Crippen LogP contribution is -1.94. The van der Waals surface area contributed by atoms with E-state index in [1.54, 1.807) is 0 Å². The summed E-state index contributed by atoms with van der Waals surface area (Å²) in [6, 6.07) is 67.4. The molecule has 230 valence electrons. The predicted octanol–water partition coefficient (Wildman–Crippen LogP) is 14.2. The van der Waals surface area contributed by atoms with Crippen molar-refractivity contribution in [1.82, 2.24) is 0 Å². The normalized spacial score (nSPS) is 12.0. The van der Waals surface area contributed by atoms with Crippen LogP contribution in [0.2, 0.25) is 0 Å². The molecule has 11 aromatic rings. The fourth-order valence-corrected chi connectivity index (χ4v) is 8.96. The third-order valence-electron chi connectivity index (χ3n) is 11.0. The summed E-state index contributed by atoms with van der Waals surface area (Å²) in [4.78, 5) is 0. The van der Waals surface area contributed by atoms with Crippen molar-refractivity contribution in [2.45, 2.75) is 0 Å². The molecule has 0 heterocycles. The van der Waals surface area contributed by atoms with Gasteiger partial charge in [-0.05, 0) is 115 Å². The molecule has 0 nitrogen and oxygen atoms in total. The first-order valence-corrected chi connectivity index (χ1v) is 17.4. The number of fused-ring (bicyclic) bond motifs is 7. The zero-order chi connectivity index (χ0) is 32.8. The number of rotatable bonds is 3. The molecule has 0 saturated carbocycles. The molecule has 0 saturated heterocycles. The number of hydrogen-bond acceptors (Lipinski definition) is 0. The van der Waals surface area contributed by atoms with Crippen LogP contribution in [0.4, 0.5) is 0 Å². The third-order valence-corrected chi connectivity index (χ3v) is 11.0. The van der Waals surface area contributed by atoms with E-state index in [2.05, 4.69) is 182 Å². The molecule has 0 N–H and O–H groups in total. The molecule has 11 aromatic carbocycles. The molecule has 11 rings (SSSR count). The Balaban J connectivity index is 1.32. The highest BCUT2D eigenvalue weighted by Crippen LogP contribution is 2.51. The van der Waals surface area contributed by atoms with Crippen LogP contribution in [-0.2, 0) is 0 Å². The van der Waals surface area contributed by atoms with Crippen molar-refractivity contribution in [3.63, 3.8) is 0 Å². The molecular weight excluding hydrogens is 601 g/mol. The van der Waals surface area contributed by atoms with Gasteiger partial charge >= 0.3 is 0 Å². The van der Waals surface area contributed by atoms with Gasteiger partial charge < -0.3 is 0 Å². The molecule has 0 aliphatic rings. The molecule has 0 radical (unpaired) electrons. The second-order valence-corrected chi connectivity index (χ2v) is 13.5. The quantitative estimate of drug-likeness (QED) is 0.135. The molecule has 0 atom stereocenters. The smallest absolute Gasteiger partial charge is 0.000740 e. The summed E-state index contributed by atoms with van der Waals surface area (Å²) in [6.07, 6.45) is 0. The second-order valence-electron chi connectivity index (χ2n) is 13.5. The van der Waals surface area contributed by atoms with Gasteiger partial charge in [-0.25, -0.2) is 0 Å². The second kappa shape index (κ2) is 10.5. The van der Waals surface area contributed by atoms with E-state index in [1.165, 1.54) is 109 Å². The minimum atomic E-state index is 1.24. The fraction of sp³-hybridized carbons (Fsp3) is 0. The highest BCUT2D eigenvalue weighted by molar-refractivity contribution is 6.45. The fourth-order valence-electron chi connectivity index (χ4n) is 8.96. The zero-order valence-electron chi connectivity index (χ0n) is 27.3. The van der Waals surface area contributed by atoms with Crippen molar-refractivity contribution in [2.75, 3.05) is 0 Å². The minimum absolute atomic E-state index is 1.24. The van der Waals surface area contributed by atoms with E-state index in [0.717, 1.165) is 0 Å². The van der Waals surface area contributed by atoms with Crippen LogP contribution in [-0.4, -0.2) is 0 Å². The zero-order valence-corrected chi connectivity index (χ0v) is 27.3. The molecule has 0 heteroatoms. The SMILES string of the molecule is c1ccc(-c2cccc3cc(-c4c5ccccc5c5c6c4cccc6c4cccc6c(-c7ccccc7)c7ccccc7c5c64)ccc23)cc1. The average molecular weight is 631 g/mol. The first kappa shape index (κ1) is 27.5. The monoisotopic (exact) mass is 630 g/mol. The maximum atomic E-state index is 2.40. The summed E-state index contributed by atoms with van der Waals surface area (Å²) in [7, 11) is 0. The van der Waals surface area contributed by atoms with Crippen LogP contribution in [0, 0.1) is 0 Å². The Kier molecular flexibility index (Phi) is 5.76. The first-order valence-electron chi connectivity index (χ1n) is 17.4. The largest absolute Gasteiger partial charge is 0.0622 e. The predicted molar refractivity (Wildman–Crippen MR) is 216 cm³/mol. The van der Waals surface area contributed by atoms with E-state index in [1.807, 2.05) is 0 Å². The minimum Gasteiger partial charge on any atom is -0.0622 e. The van der Waals surface area contributed by atoms with Crippen LogP contribution in [0.25, 0.3) is 109 Å². The maximum absolute atomic E-state index is 2.40. The van der Waals surface area contributed by atoms with Crippen molar-refractivity contribution in [2.24, 2.45) is 0 Å². The summed E-state index contributed by atoms with van der Waals surface area (Å²) in [6.45, 7) is 0. The Hall–Kier alpha value is -6.50. The Labute approximate surface area is 289 Å². The summed E-state index contributed by atoms with van der Waals surface area (Å²) < 4.78 is 0. The Bertz CT molecular complexity index is 3120. The van der Waals surface area contributed by atoms with Gasteiger partial charge in [0.25, 0.3) is 0 Å². The molecular formula is C50H30. The molecule has 0 spiro atoms. The molecule has 0 aliphatic heterocycles. The van der Waals surface area contributed by atoms with Crippen LogP contribution < -0.4 is 0 Å². The van der Waals surface area contributed by atoms with Gasteiger partial charge in [-0.15, -0.1) is 0 Å². The lowest BCUT2D eigenvalue weighted by atomic mass is 9.80. The summed E-state index contributed by atoms with van der Waals surface area (Å²) in [5.41, 5.74) is 7.62. The van der Waals surface area contributed by atoms with E-state index in [-0.39, 0.29) is 0 Å². The van der Waals surface area contributed by atoms with Gasteiger partial charge in [0.1, 0.15) is 0 Å². The topological polar surface area (TPSA) is 0 Å². The molecule has 0 bridgehead atoms. The molecule has 0 aliphatic carbocycles. The van der Waals surface area contributed by atoms with Crippen molar-refractivity contribution >= 4 is 75.4 Å². The highest BCUT2D eigenvalue weighted by atomic mass is 14.3. The van der Waals surface area contributed by atoms with Crippen LogP contribution in [0.15, 0.2) is 182 Å². The Morgan fingerprint density at radius 2 is 0.660 bits per heavy atom. The van der Waals surface area contributed by atoms with E-state index >= 15 is 0 Å². The first-order chi connectivity index (χ1) is 24.8. The van der Waals surface area contributed by atoms with Gasteiger partial charge in [0.05, 0.1) is 0 Å². The molecule has 0 amide bonds. The maximum Gasteiger partial charge on any atom is -0.000740 e. The van der Waals surface area contributed by atoms with Gasteiger partial charge in [0, 0.05) is 0 Å². The van der Waals surface area contributed by atoms with E-state index in [4.69, 9.17) is 0 Å². The van der Waals surface area contributed by atoms with Gasteiger partial charge in [-0.2, -0.15) is 0 Å². The van der Waals surface area contributed by atoms with Gasteiger partial charge in [0.15, 0.2) is 0 Å². The van der Waals surface area contributed by atoms with Crippen LogP contribution in [0.1, 0.15) is 0 Å². The van der Waals surface area contributed by atoms with Crippen LogP contribution in [0.3, 0.4) is 0 Å². The molecule has 0 aromatic heterocycles. The molecule has 0 fully saturated rings. The number of hydrogen-bond donors (Lipinski definition) is 0. The summed E-state index contributed by atoms with van der Waals surface area (Å²) >= 11 is 0. The molecule has 50 heavy (non-hydrogen) atoms. The van der Waals surface area contributed by atoms with Crippen LogP contribution >= 0.6 is 0 Å². The van der Waals surface area contributed by atoms with Crippen molar-refractivity contribution < 1.29 is 0 Å². The van der Waals surface area contributed by atoms with Crippen molar-refractivity contribution in [1.29, 1.82) is 0 Å². The lowest BCUT2D eigenvalue weighted by Gasteiger charge is -2.23. The lowest BCUT2D eigenvalue weighted by molar-refractivity contribution is 1.65. The van der Waals surface area contributed by atoms with E-state index < -0.39 is 0 Å². The number of benzene rings is 11. The van der Waals surface area contributed by atoms with E-state index in [0.29, 0.717) is 0 Å². The Morgan fingerprint density at radius 3 is 1.26 bits per heavy atom. The highest BCUT2D eigenvalue weighted by Gasteiger charge is 2.23.